The molecule has 1 atom stereocenters. The summed E-state index contributed by atoms with van der Waals surface area (Å²) >= 11 is 0. The average Bonchev–Trinajstić information content (AvgIpc) is 3.14. The van der Waals surface area contributed by atoms with Crippen LogP contribution in [0.2, 0.25) is 0 Å². The lowest BCUT2D eigenvalue weighted by molar-refractivity contribution is -0.384. The first kappa shape index (κ1) is 20.5. The van der Waals surface area contributed by atoms with Crippen LogP contribution in [0.3, 0.4) is 0 Å². The number of nitrogens with zero attached hydrogens (tertiary/aromatic N) is 1. The standard InChI is InChI=1S/C22H23NO6/c1-13(9-16-5-7-18(8-6-16)23(25)26)10-17-11-19(28-12-17)21-14(2)20(24)15(3)22(27-4)29-21/h5-10,19H,11-12H2,1-4H3/b13-9-,17-10-/t19-/m0/s1. The minimum atomic E-state index is -0.418. The summed E-state index contributed by atoms with van der Waals surface area (Å²) in [6.45, 7) is 5.81. The van der Waals surface area contributed by atoms with Crippen molar-refractivity contribution in [2.75, 3.05) is 13.7 Å². The highest BCUT2D eigenvalue weighted by atomic mass is 16.6. The molecule has 1 aliphatic heterocycles. The summed E-state index contributed by atoms with van der Waals surface area (Å²) in [5.41, 5.74) is 3.90. The van der Waals surface area contributed by atoms with Gasteiger partial charge < -0.3 is 13.9 Å². The Labute approximate surface area is 168 Å². The minimum Gasteiger partial charge on any atom is -0.468 e. The van der Waals surface area contributed by atoms with E-state index < -0.39 is 4.92 Å². The van der Waals surface area contributed by atoms with Crippen molar-refractivity contribution in [2.24, 2.45) is 0 Å². The first-order valence-electron chi connectivity index (χ1n) is 9.22. The number of rotatable bonds is 5. The van der Waals surface area contributed by atoms with Gasteiger partial charge in [0.1, 0.15) is 11.9 Å². The highest BCUT2D eigenvalue weighted by Crippen LogP contribution is 2.35. The Kier molecular flexibility index (Phi) is 5.98. The lowest BCUT2D eigenvalue weighted by Crippen LogP contribution is -2.15. The quantitative estimate of drug-likeness (QED) is 0.538. The smallest absolute Gasteiger partial charge is 0.291 e. The molecule has 7 nitrogen and oxygen atoms in total. The van der Waals surface area contributed by atoms with Gasteiger partial charge in [-0.15, -0.1) is 0 Å². The van der Waals surface area contributed by atoms with Crippen LogP contribution in [0.4, 0.5) is 5.69 Å². The maximum atomic E-state index is 12.4. The molecule has 7 heteroatoms. The van der Waals surface area contributed by atoms with Crippen LogP contribution < -0.4 is 10.2 Å². The van der Waals surface area contributed by atoms with Crippen LogP contribution in [0.25, 0.3) is 6.08 Å². The minimum absolute atomic E-state index is 0.0654. The summed E-state index contributed by atoms with van der Waals surface area (Å²) in [6.07, 6.45) is 4.25. The number of allylic oxidation sites excluding steroid dienone is 2. The number of non-ortho nitro benzene ring substituents is 1. The third-order valence-corrected chi connectivity index (χ3v) is 4.88. The topological polar surface area (TPSA) is 91.8 Å². The molecule has 0 bridgehead atoms. The molecule has 29 heavy (non-hydrogen) atoms. The van der Waals surface area contributed by atoms with Crippen molar-refractivity contribution in [3.8, 4) is 5.95 Å². The third-order valence-electron chi connectivity index (χ3n) is 4.88. The average molecular weight is 397 g/mol. The highest BCUT2D eigenvalue weighted by molar-refractivity contribution is 5.57. The molecule has 0 unspecified atom stereocenters. The first-order chi connectivity index (χ1) is 13.8. The number of ether oxygens (including phenoxy) is 2. The lowest BCUT2D eigenvalue weighted by atomic mass is 10.0. The van der Waals surface area contributed by atoms with Crippen molar-refractivity contribution in [3.63, 3.8) is 0 Å². The van der Waals surface area contributed by atoms with Crippen molar-refractivity contribution in [3.05, 3.63) is 84.3 Å². The molecule has 152 valence electrons. The van der Waals surface area contributed by atoms with E-state index in [-0.39, 0.29) is 23.2 Å². The fraction of sp³-hybridized carbons (Fsp3) is 0.318. The Bertz CT molecular complexity index is 1050. The van der Waals surface area contributed by atoms with Crippen LogP contribution >= 0.6 is 0 Å². The number of benzene rings is 1. The summed E-state index contributed by atoms with van der Waals surface area (Å²) in [7, 11) is 1.47. The lowest BCUT2D eigenvalue weighted by Gasteiger charge is -2.13. The van der Waals surface area contributed by atoms with Crippen molar-refractivity contribution < 1.29 is 18.8 Å². The third kappa shape index (κ3) is 4.46. The van der Waals surface area contributed by atoms with Crippen molar-refractivity contribution in [1.82, 2.24) is 0 Å². The molecule has 0 amide bonds. The predicted octanol–water partition coefficient (Wildman–Crippen LogP) is 4.66. The van der Waals surface area contributed by atoms with Gasteiger partial charge in [-0.05, 0) is 44.0 Å². The van der Waals surface area contributed by atoms with E-state index in [0.29, 0.717) is 29.9 Å². The largest absolute Gasteiger partial charge is 0.468 e. The maximum Gasteiger partial charge on any atom is 0.291 e. The van der Waals surface area contributed by atoms with Gasteiger partial charge in [0, 0.05) is 24.1 Å². The van der Waals surface area contributed by atoms with Crippen LogP contribution in [-0.2, 0) is 4.74 Å². The van der Waals surface area contributed by atoms with E-state index in [1.54, 1.807) is 26.0 Å². The normalized spacial score (nSPS) is 18.3. The van der Waals surface area contributed by atoms with Gasteiger partial charge in [0.25, 0.3) is 11.6 Å². The van der Waals surface area contributed by atoms with E-state index in [0.717, 1.165) is 16.7 Å². The second kappa shape index (κ2) is 8.45. The number of nitro groups is 1. The van der Waals surface area contributed by atoms with Gasteiger partial charge in [0.15, 0.2) is 5.43 Å². The SMILES string of the molecule is COc1oc([C@@H]2C/C(=C/C(C)=C\c3ccc([N+](=O)[O-])cc3)CO2)c(C)c(=O)c1C. The fourth-order valence-electron chi connectivity index (χ4n) is 3.39. The summed E-state index contributed by atoms with van der Waals surface area (Å²) in [6, 6.07) is 6.39. The Morgan fingerprint density at radius 1 is 1.24 bits per heavy atom. The monoisotopic (exact) mass is 397 g/mol. The van der Waals surface area contributed by atoms with E-state index in [4.69, 9.17) is 13.9 Å². The molecule has 1 aromatic heterocycles. The van der Waals surface area contributed by atoms with Gasteiger partial charge in [-0.25, -0.2) is 0 Å². The second-order valence-corrected chi connectivity index (χ2v) is 7.08. The van der Waals surface area contributed by atoms with Crippen molar-refractivity contribution in [1.29, 1.82) is 0 Å². The zero-order chi connectivity index (χ0) is 21.1. The number of hydrogen-bond acceptors (Lipinski definition) is 6. The van der Waals surface area contributed by atoms with E-state index in [2.05, 4.69) is 0 Å². The van der Waals surface area contributed by atoms with E-state index in [9.17, 15) is 14.9 Å². The van der Waals surface area contributed by atoms with Gasteiger partial charge in [-0.3, -0.25) is 14.9 Å². The Hall–Kier alpha value is -3.19. The highest BCUT2D eigenvalue weighted by Gasteiger charge is 2.28. The molecule has 0 spiro atoms. The van der Waals surface area contributed by atoms with Crippen LogP contribution in [0, 0.1) is 24.0 Å². The van der Waals surface area contributed by atoms with Crippen molar-refractivity contribution in [2.45, 2.75) is 33.3 Å². The van der Waals surface area contributed by atoms with Crippen LogP contribution in [0.5, 0.6) is 5.95 Å². The molecular formula is C22H23NO6. The molecule has 0 N–H and O–H groups in total. The fourth-order valence-corrected chi connectivity index (χ4v) is 3.39. The Morgan fingerprint density at radius 2 is 1.93 bits per heavy atom. The molecule has 1 aliphatic rings. The predicted molar refractivity (Wildman–Crippen MR) is 109 cm³/mol. The van der Waals surface area contributed by atoms with Crippen molar-refractivity contribution >= 4 is 11.8 Å². The van der Waals surface area contributed by atoms with Gasteiger partial charge >= 0.3 is 0 Å². The molecule has 1 aromatic carbocycles. The molecule has 2 heterocycles. The molecule has 2 aromatic rings. The van der Waals surface area contributed by atoms with Gasteiger partial charge in [-0.1, -0.05) is 17.7 Å². The zero-order valence-electron chi connectivity index (χ0n) is 16.9. The van der Waals surface area contributed by atoms with E-state index >= 15 is 0 Å². The number of hydrogen-bond donors (Lipinski definition) is 0. The first-order valence-corrected chi connectivity index (χ1v) is 9.22. The van der Waals surface area contributed by atoms with Crippen LogP contribution in [0.15, 0.2) is 50.7 Å². The molecule has 1 fully saturated rings. The molecule has 0 saturated carbocycles. The summed E-state index contributed by atoms with van der Waals surface area (Å²) in [5, 5.41) is 10.7. The Balaban J connectivity index is 1.78. The van der Waals surface area contributed by atoms with E-state index in [1.807, 2.05) is 19.1 Å². The summed E-state index contributed by atoms with van der Waals surface area (Å²) in [5.74, 6) is 0.712. The van der Waals surface area contributed by atoms with Gasteiger partial charge in [-0.2, -0.15) is 0 Å². The summed E-state index contributed by atoms with van der Waals surface area (Å²) in [4.78, 5) is 22.7. The number of methoxy groups -OCH3 is 1. The van der Waals surface area contributed by atoms with Crippen LogP contribution in [-0.4, -0.2) is 18.6 Å². The summed E-state index contributed by atoms with van der Waals surface area (Å²) < 4.78 is 16.8. The molecule has 3 rings (SSSR count). The maximum absolute atomic E-state index is 12.4. The molecule has 0 aliphatic carbocycles. The Morgan fingerprint density at radius 3 is 2.55 bits per heavy atom. The molecule has 0 radical (unpaired) electrons. The van der Waals surface area contributed by atoms with E-state index in [1.165, 1.54) is 19.2 Å². The molecular weight excluding hydrogens is 374 g/mol. The van der Waals surface area contributed by atoms with Gasteiger partial charge in [0.2, 0.25) is 0 Å². The van der Waals surface area contributed by atoms with Gasteiger partial charge in [0.05, 0.1) is 24.2 Å². The second-order valence-electron chi connectivity index (χ2n) is 7.08. The number of nitro benzene ring substituents is 1. The molecule has 1 saturated heterocycles. The zero-order valence-corrected chi connectivity index (χ0v) is 16.9. The van der Waals surface area contributed by atoms with Crippen LogP contribution in [0.1, 0.15) is 41.9 Å².